The molecule has 0 spiro atoms. The fourth-order valence-corrected chi connectivity index (χ4v) is 2.41. The van der Waals surface area contributed by atoms with Crippen LogP contribution in [-0.4, -0.2) is 10.2 Å². The van der Waals surface area contributed by atoms with Gasteiger partial charge in [0.25, 0.3) is 0 Å². The number of benzene rings is 1. The van der Waals surface area contributed by atoms with E-state index in [4.69, 9.17) is 12.2 Å². The van der Waals surface area contributed by atoms with Gasteiger partial charge in [0.15, 0.2) is 0 Å². The van der Waals surface area contributed by atoms with Gasteiger partial charge >= 0.3 is 0 Å². The average molecular weight is 242 g/mol. The maximum absolute atomic E-state index is 5.02. The largest absolute Gasteiger partial charge is 0.267 e. The Bertz CT molecular complexity index is 564. The number of nitrogens with zero attached hydrogens (tertiary/aromatic N) is 1. The van der Waals surface area contributed by atoms with Crippen molar-refractivity contribution < 1.29 is 0 Å². The standard InChI is InChI=1S/C14H14N2S/c17-14-9-8-13(15-16-14)12-7-2-1-6-11(12)10-4-3-5-10/h1-2,6-10H,3-5H2,(H,16,17). The van der Waals surface area contributed by atoms with Crippen molar-refractivity contribution in [1.82, 2.24) is 10.2 Å². The summed E-state index contributed by atoms with van der Waals surface area (Å²) in [5, 5.41) is 7.19. The Morgan fingerprint density at radius 2 is 1.94 bits per heavy atom. The van der Waals surface area contributed by atoms with Crippen molar-refractivity contribution >= 4 is 12.2 Å². The van der Waals surface area contributed by atoms with E-state index in [2.05, 4.69) is 34.5 Å². The van der Waals surface area contributed by atoms with Gasteiger partial charge in [-0.1, -0.05) is 42.9 Å². The molecule has 1 heterocycles. The third kappa shape index (κ3) is 2.03. The minimum Gasteiger partial charge on any atom is -0.267 e. The molecule has 2 aromatic rings. The molecule has 0 aliphatic heterocycles. The molecule has 0 atom stereocenters. The van der Waals surface area contributed by atoms with Crippen molar-refractivity contribution in [3.8, 4) is 11.3 Å². The summed E-state index contributed by atoms with van der Waals surface area (Å²) in [6, 6.07) is 12.4. The summed E-state index contributed by atoms with van der Waals surface area (Å²) in [6.45, 7) is 0. The van der Waals surface area contributed by atoms with Crippen molar-refractivity contribution in [1.29, 1.82) is 0 Å². The Morgan fingerprint density at radius 3 is 2.59 bits per heavy atom. The van der Waals surface area contributed by atoms with Gasteiger partial charge in [-0.05, 0) is 36.5 Å². The molecule has 1 fully saturated rings. The first-order valence-corrected chi connectivity index (χ1v) is 6.40. The zero-order chi connectivity index (χ0) is 11.7. The molecule has 0 saturated heterocycles. The quantitative estimate of drug-likeness (QED) is 0.804. The molecular formula is C14H14N2S. The molecular weight excluding hydrogens is 228 g/mol. The van der Waals surface area contributed by atoms with E-state index in [1.54, 1.807) is 0 Å². The van der Waals surface area contributed by atoms with Crippen LogP contribution in [0.2, 0.25) is 0 Å². The monoisotopic (exact) mass is 242 g/mol. The number of aromatic nitrogens is 2. The van der Waals surface area contributed by atoms with Crippen LogP contribution in [0.1, 0.15) is 30.7 Å². The lowest BCUT2D eigenvalue weighted by Crippen LogP contribution is -2.10. The van der Waals surface area contributed by atoms with Crippen LogP contribution in [0, 0.1) is 4.64 Å². The highest BCUT2D eigenvalue weighted by Crippen LogP contribution is 2.40. The number of H-pyrrole nitrogens is 1. The van der Waals surface area contributed by atoms with Gasteiger partial charge in [-0.3, -0.25) is 5.10 Å². The lowest BCUT2D eigenvalue weighted by Gasteiger charge is -2.27. The zero-order valence-corrected chi connectivity index (χ0v) is 10.3. The molecule has 1 aromatic carbocycles. The molecule has 1 aliphatic carbocycles. The second kappa shape index (κ2) is 4.41. The van der Waals surface area contributed by atoms with E-state index in [0.717, 1.165) is 11.6 Å². The smallest absolute Gasteiger partial charge is 0.119 e. The highest BCUT2D eigenvalue weighted by Gasteiger charge is 2.22. The average Bonchev–Trinajstić information content (AvgIpc) is 2.29. The van der Waals surface area contributed by atoms with E-state index in [-0.39, 0.29) is 0 Å². The van der Waals surface area contributed by atoms with Crippen LogP contribution in [0.15, 0.2) is 36.4 Å². The summed E-state index contributed by atoms with van der Waals surface area (Å²) < 4.78 is 0.676. The molecule has 86 valence electrons. The number of nitrogens with one attached hydrogen (secondary N) is 1. The van der Waals surface area contributed by atoms with Crippen LogP contribution < -0.4 is 0 Å². The van der Waals surface area contributed by atoms with Crippen molar-refractivity contribution in [3.05, 3.63) is 46.6 Å². The summed E-state index contributed by atoms with van der Waals surface area (Å²) in [7, 11) is 0. The van der Waals surface area contributed by atoms with E-state index < -0.39 is 0 Å². The van der Waals surface area contributed by atoms with Gasteiger partial charge in [0, 0.05) is 5.56 Å². The Hall–Kier alpha value is -1.48. The van der Waals surface area contributed by atoms with E-state index in [1.165, 1.54) is 30.4 Å². The van der Waals surface area contributed by atoms with E-state index in [1.807, 2.05) is 12.1 Å². The fraction of sp³-hybridized carbons (Fsp3) is 0.286. The molecule has 0 bridgehead atoms. The summed E-state index contributed by atoms with van der Waals surface area (Å²) in [4.78, 5) is 0. The second-order valence-corrected chi connectivity index (χ2v) is 4.96. The molecule has 1 N–H and O–H groups in total. The molecule has 1 aromatic heterocycles. The van der Waals surface area contributed by atoms with Crippen LogP contribution in [0.4, 0.5) is 0 Å². The lowest BCUT2D eigenvalue weighted by atomic mass is 9.78. The van der Waals surface area contributed by atoms with Gasteiger partial charge in [-0.2, -0.15) is 5.10 Å². The molecule has 17 heavy (non-hydrogen) atoms. The maximum atomic E-state index is 5.02. The topological polar surface area (TPSA) is 28.7 Å². The van der Waals surface area contributed by atoms with Gasteiger partial charge < -0.3 is 0 Å². The van der Waals surface area contributed by atoms with Crippen LogP contribution in [0.5, 0.6) is 0 Å². The van der Waals surface area contributed by atoms with Crippen molar-refractivity contribution in [2.45, 2.75) is 25.2 Å². The number of hydrogen-bond donors (Lipinski definition) is 1. The summed E-state index contributed by atoms with van der Waals surface area (Å²) >= 11 is 5.02. The van der Waals surface area contributed by atoms with Gasteiger partial charge in [0.05, 0.1) is 5.69 Å². The fourth-order valence-electron chi connectivity index (χ4n) is 2.30. The summed E-state index contributed by atoms with van der Waals surface area (Å²) in [6.07, 6.45) is 3.96. The highest BCUT2D eigenvalue weighted by atomic mass is 32.1. The molecule has 1 aliphatic rings. The van der Waals surface area contributed by atoms with Crippen LogP contribution in [-0.2, 0) is 0 Å². The molecule has 0 amide bonds. The van der Waals surface area contributed by atoms with E-state index >= 15 is 0 Å². The van der Waals surface area contributed by atoms with E-state index in [9.17, 15) is 0 Å². The number of aromatic amines is 1. The van der Waals surface area contributed by atoms with Crippen molar-refractivity contribution in [2.75, 3.05) is 0 Å². The molecule has 3 heteroatoms. The lowest BCUT2D eigenvalue weighted by molar-refractivity contribution is 0.420. The first kappa shape index (κ1) is 10.7. The second-order valence-electron chi connectivity index (χ2n) is 4.52. The first-order valence-electron chi connectivity index (χ1n) is 5.99. The van der Waals surface area contributed by atoms with Crippen LogP contribution >= 0.6 is 12.2 Å². The highest BCUT2D eigenvalue weighted by molar-refractivity contribution is 7.71. The SMILES string of the molecule is S=c1ccc(-c2ccccc2C2CCC2)n[nH]1. The molecule has 0 unspecified atom stereocenters. The van der Waals surface area contributed by atoms with Gasteiger partial charge in [0.1, 0.15) is 4.64 Å². The van der Waals surface area contributed by atoms with Crippen molar-refractivity contribution in [3.63, 3.8) is 0 Å². The normalized spacial score (nSPS) is 15.5. The summed E-state index contributed by atoms with van der Waals surface area (Å²) in [5.74, 6) is 0.719. The predicted octanol–water partition coefficient (Wildman–Crippen LogP) is 4.07. The minimum absolute atomic E-state index is 0.676. The number of rotatable bonds is 2. The molecule has 2 nitrogen and oxygen atoms in total. The molecule has 1 saturated carbocycles. The van der Waals surface area contributed by atoms with Crippen LogP contribution in [0.3, 0.4) is 0 Å². The van der Waals surface area contributed by atoms with Gasteiger partial charge in [0.2, 0.25) is 0 Å². The van der Waals surface area contributed by atoms with Gasteiger partial charge in [-0.25, -0.2) is 0 Å². The van der Waals surface area contributed by atoms with E-state index in [0.29, 0.717) is 4.64 Å². The molecule has 0 radical (unpaired) electrons. The third-order valence-electron chi connectivity index (χ3n) is 3.46. The van der Waals surface area contributed by atoms with Crippen LogP contribution in [0.25, 0.3) is 11.3 Å². The predicted molar refractivity (Wildman–Crippen MR) is 71.4 cm³/mol. The Morgan fingerprint density at radius 1 is 1.12 bits per heavy atom. The number of hydrogen-bond acceptors (Lipinski definition) is 2. The summed E-state index contributed by atoms with van der Waals surface area (Å²) in [5.41, 5.74) is 3.65. The Kier molecular flexibility index (Phi) is 2.77. The van der Waals surface area contributed by atoms with Gasteiger partial charge in [-0.15, -0.1) is 0 Å². The Balaban J connectivity index is 2.07. The third-order valence-corrected chi connectivity index (χ3v) is 3.69. The first-order chi connectivity index (χ1) is 8.34. The zero-order valence-electron chi connectivity index (χ0n) is 9.52. The van der Waals surface area contributed by atoms with Crippen molar-refractivity contribution in [2.24, 2.45) is 0 Å². The minimum atomic E-state index is 0.676. The Labute approximate surface area is 106 Å². The maximum Gasteiger partial charge on any atom is 0.119 e. The molecule has 3 rings (SSSR count).